The van der Waals surface area contributed by atoms with Gasteiger partial charge in [0.05, 0.1) is 0 Å². The Bertz CT molecular complexity index is 497. The highest BCUT2D eigenvalue weighted by molar-refractivity contribution is 8.03. The lowest BCUT2D eigenvalue weighted by Crippen LogP contribution is -2.30. The number of thioether (sulfide) groups is 1. The third kappa shape index (κ3) is 6.29. The Hall–Kier alpha value is -1.19. The maximum Gasteiger partial charge on any atom is 0.418 e. The Labute approximate surface area is 126 Å². The summed E-state index contributed by atoms with van der Waals surface area (Å²) in [4.78, 5) is -0.0432. The van der Waals surface area contributed by atoms with E-state index >= 15 is 0 Å². The molecule has 0 bridgehead atoms. The van der Waals surface area contributed by atoms with Gasteiger partial charge in [0.25, 0.3) is 0 Å². The summed E-state index contributed by atoms with van der Waals surface area (Å²) in [6, 6.07) is 7.71. The first kappa shape index (κ1) is 18.9. The number of aliphatic hydroxyl groups excluding tert-OH is 2. The van der Waals surface area contributed by atoms with Crippen molar-refractivity contribution < 1.29 is 36.6 Å². The second-order valence-electron chi connectivity index (χ2n) is 4.30. The standard InChI is InChI=1S/C13H12F6O2S/c14-12(15,16)10(20)6-9(7-11(21)13(17,18)19)22-8-4-2-1-3-5-8/h1-6,10-11,20-21H,7H2/b9-6+/t10-,11+/m0/s1. The summed E-state index contributed by atoms with van der Waals surface area (Å²) in [5, 5.41) is 18.0. The zero-order valence-electron chi connectivity index (χ0n) is 10.9. The second kappa shape index (κ2) is 7.38. The molecule has 0 fully saturated rings. The van der Waals surface area contributed by atoms with Crippen molar-refractivity contribution in [1.29, 1.82) is 0 Å². The molecular formula is C13H12F6O2S. The monoisotopic (exact) mass is 346 g/mol. The van der Waals surface area contributed by atoms with Crippen LogP contribution in [0.3, 0.4) is 0 Å². The summed E-state index contributed by atoms with van der Waals surface area (Å²) in [6.07, 6.45) is -16.5. The van der Waals surface area contributed by atoms with Crippen molar-refractivity contribution in [3.63, 3.8) is 0 Å². The molecule has 0 radical (unpaired) electrons. The summed E-state index contributed by atoms with van der Waals surface area (Å²) in [5.74, 6) is 0. The predicted octanol–water partition coefficient (Wildman–Crippen LogP) is 3.90. The smallest absolute Gasteiger partial charge is 0.383 e. The molecule has 0 saturated carbocycles. The first-order valence-corrected chi connectivity index (χ1v) is 6.75. The Balaban J connectivity index is 2.97. The van der Waals surface area contributed by atoms with Gasteiger partial charge in [0.1, 0.15) is 0 Å². The maximum absolute atomic E-state index is 12.3. The fourth-order valence-corrected chi connectivity index (χ4v) is 2.39. The van der Waals surface area contributed by atoms with Crippen LogP contribution in [0.15, 0.2) is 46.2 Å². The summed E-state index contributed by atoms with van der Waals surface area (Å²) in [6.45, 7) is 0. The van der Waals surface area contributed by atoms with Crippen molar-refractivity contribution in [3.05, 3.63) is 41.3 Å². The van der Waals surface area contributed by atoms with Crippen LogP contribution >= 0.6 is 11.8 Å². The van der Waals surface area contributed by atoms with E-state index in [4.69, 9.17) is 10.2 Å². The van der Waals surface area contributed by atoms with Crippen molar-refractivity contribution in [1.82, 2.24) is 0 Å². The highest BCUT2D eigenvalue weighted by Gasteiger charge is 2.40. The fraction of sp³-hybridized carbons (Fsp3) is 0.385. The van der Waals surface area contributed by atoms with E-state index in [1.165, 1.54) is 12.1 Å². The van der Waals surface area contributed by atoms with Crippen LogP contribution < -0.4 is 0 Å². The van der Waals surface area contributed by atoms with Gasteiger partial charge in [-0.1, -0.05) is 30.0 Å². The Morgan fingerprint density at radius 2 is 1.55 bits per heavy atom. The van der Waals surface area contributed by atoms with Crippen molar-refractivity contribution in [2.45, 2.75) is 35.9 Å². The van der Waals surface area contributed by atoms with Crippen LogP contribution in [0, 0.1) is 0 Å². The first-order valence-electron chi connectivity index (χ1n) is 5.93. The molecule has 0 spiro atoms. The van der Waals surface area contributed by atoms with Crippen LogP contribution in [-0.2, 0) is 0 Å². The third-order valence-electron chi connectivity index (χ3n) is 2.44. The van der Waals surface area contributed by atoms with Crippen LogP contribution in [0.25, 0.3) is 0 Å². The van der Waals surface area contributed by atoms with Crippen molar-refractivity contribution in [3.8, 4) is 0 Å². The zero-order chi connectivity index (χ0) is 17.0. The van der Waals surface area contributed by atoms with E-state index in [0.29, 0.717) is 16.7 Å². The molecule has 22 heavy (non-hydrogen) atoms. The van der Waals surface area contributed by atoms with Crippen LogP contribution in [0.5, 0.6) is 0 Å². The van der Waals surface area contributed by atoms with Gasteiger partial charge < -0.3 is 10.2 Å². The van der Waals surface area contributed by atoms with E-state index in [1.54, 1.807) is 18.2 Å². The van der Waals surface area contributed by atoms with E-state index in [0.717, 1.165) is 0 Å². The van der Waals surface area contributed by atoms with Crippen LogP contribution in [0.4, 0.5) is 26.3 Å². The molecule has 0 amide bonds. The lowest BCUT2D eigenvalue weighted by atomic mass is 10.2. The average molecular weight is 346 g/mol. The van der Waals surface area contributed by atoms with E-state index < -0.39 is 35.9 Å². The minimum absolute atomic E-state index is 0.270. The minimum atomic E-state index is -4.99. The van der Waals surface area contributed by atoms with Gasteiger partial charge in [0.15, 0.2) is 12.2 Å². The van der Waals surface area contributed by atoms with E-state index in [1.807, 2.05) is 0 Å². The molecule has 0 aliphatic carbocycles. The molecule has 0 unspecified atom stereocenters. The fourth-order valence-electron chi connectivity index (χ4n) is 1.36. The predicted molar refractivity (Wildman–Crippen MR) is 69.1 cm³/mol. The molecule has 124 valence electrons. The largest absolute Gasteiger partial charge is 0.418 e. The minimum Gasteiger partial charge on any atom is -0.383 e. The second-order valence-corrected chi connectivity index (χ2v) is 5.50. The number of hydrogen-bond donors (Lipinski definition) is 2. The molecule has 0 aromatic heterocycles. The van der Waals surface area contributed by atoms with Crippen molar-refractivity contribution >= 4 is 11.8 Å². The number of alkyl halides is 6. The zero-order valence-corrected chi connectivity index (χ0v) is 11.7. The molecule has 2 N–H and O–H groups in total. The average Bonchev–Trinajstić information content (AvgIpc) is 2.37. The molecule has 1 aromatic rings. The normalized spacial score (nSPS) is 16.5. The SMILES string of the molecule is O[C@H](C/C(=C\[C@H](O)C(F)(F)F)Sc1ccccc1)C(F)(F)F. The maximum atomic E-state index is 12.3. The molecule has 0 saturated heterocycles. The van der Waals surface area contributed by atoms with Crippen LogP contribution in [0.1, 0.15) is 6.42 Å². The first-order chi connectivity index (χ1) is 10.00. The van der Waals surface area contributed by atoms with Crippen molar-refractivity contribution in [2.75, 3.05) is 0 Å². The van der Waals surface area contributed by atoms with Gasteiger partial charge in [-0.2, -0.15) is 26.3 Å². The molecule has 9 heteroatoms. The summed E-state index contributed by atoms with van der Waals surface area (Å²) in [7, 11) is 0. The van der Waals surface area contributed by atoms with Gasteiger partial charge in [0, 0.05) is 11.3 Å². The lowest BCUT2D eigenvalue weighted by Gasteiger charge is -2.18. The number of benzene rings is 1. The Kier molecular flexibility index (Phi) is 6.33. The summed E-state index contributed by atoms with van der Waals surface area (Å²) in [5.41, 5.74) is 0. The van der Waals surface area contributed by atoms with Gasteiger partial charge in [-0.05, 0) is 23.1 Å². The summed E-state index contributed by atoms with van der Waals surface area (Å²) < 4.78 is 74.0. The molecule has 0 aliphatic heterocycles. The third-order valence-corrected chi connectivity index (χ3v) is 3.52. The van der Waals surface area contributed by atoms with E-state index in [9.17, 15) is 26.3 Å². The molecule has 1 rings (SSSR count). The van der Waals surface area contributed by atoms with E-state index in [2.05, 4.69) is 0 Å². The van der Waals surface area contributed by atoms with Gasteiger partial charge >= 0.3 is 12.4 Å². The topological polar surface area (TPSA) is 40.5 Å². The number of halogens is 6. The number of rotatable bonds is 5. The summed E-state index contributed by atoms with van der Waals surface area (Å²) >= 11 is 0.619. The van der Waals surface area contributed by atoms with Gasteiger partial charge in [0.2, 0.25) is 0 Å². The molecule has 2 atom stereocenters. The highest BCUT2D eigenvalue weighted by atomic mass is 32.2. The molecular weight excluding hydrogens is 334 g/mol. The van der Waals surface area contributed by atoms with Gasteiger partial charge in [-0.3, -0.25) is 0 Å². The molecule has 0 heterocycles. The van der Waals surface area contributed by atoms with Crippen molar-refractivity contribution in [2.24, 2.45) is 0 Å². The molecule has 1 aromatic carbocycles. The Morgan fingerprint density at radius 3 is 2.00 bits per heavy atom. The van der Waals surface area contributed by atoms with Crippen LogP contribution in [-0.4, -0.2) is 34.8 Å². The number of aliphatic hydroxyl groups is 2. The van der Waals surface area contributed by atoms with Gasteiger partial charge in [-0.25, -0.2) is 0 Å². The molecule has 0 aliphatic rings. The Morgan fingerprint density at radius 1 is 1.00 bits per heavy atom. The lowest BCUT2D eigenvalue weighted by molar-refractivity contribution is -0.202. The molecule has 2 nitrogen and oxygen atoms in total. The van der Waals surface area contributed by atoms with Crippen LogP contribution in [0.2, 0.25) is 0 Å². The highest BCUT2D eigenvalue weighted by Crippen LogP contribution is 2.35. The number of hydrogen-bond acceptors (Lipinski definition) is 3. The van der Waals surface area contributed by atoms with E-state index in [-0.39, 0.29) is 6.08 Å². The van der Waals surface area contributed by atoms with Gasteiger partial charge in [-0.15, -0.1) is 0 Å². The quantitative estimate of drug-likeness (QED) is 0.628.